The van der Waals surface area contributed by atoms with E-state index in [0.717, 1.165) is 18.7 Å². The Kier molecular flexibility index (Phi) is 6.03. The molecule has 3 heteroatoms. The minimum Gasteiger partial charge on any atom is -0.491 e. The van der Waals surface area contributed by atoms with E-state index in [2.05, 4.69) is 39.1 Å². The molecular weight excluding hydrogens is 250 g/mol. The molecule has 0 saturated heterocycles. The van der Waals surface area contributed by atoms with Gasteiger partial charge in [-0.3, -0.25) is 0 Å². The summed E-state index contributed by atoms with van der Waals surface area (Å²) in [5.74, 6) is 0.901. The molecule has 1 aromatic rings. The monoisotopic (exact) mass is 279 g/mol. The second-order valence-electron chi connectivity index (χ2n) is 6.68. The highest BCUT2D eigenvalue weighted by molar-refractivity contribution is 5.38. The van der Waals surface area contributed by atoms with E-state index in [9.17, 15) is 5.11 Å². The molecule has 0 radical (unpaired) electrons. The second kappa shape index (κ2) is 7.09. The van der Waals surface area contributed by atoms with Gasteiger partial charge in [0.1, 0.15) is 12.4 Å². The quantitative estimate of drug-likeness (QED) is 0.806. The SMILES string of the molecule is CCCNC(C)(CO)COc1ccccc1C(C)(C)C. The van der Waals surface area contributed by atoms with Crippen molar-refractivity contribution >= 4 is 0 Å². The summed E-state index contributed by atoms with van der Waals surface area (Å²) < 4.78 is 5.99. The highest BCUT2D eigenvalue weighted by Gasteiger charge is 2.25. The van der Waals surface area contributed by atoms with E-state index in [-0.39, 0.29) is 12.0 Å². The van der Waals surface area contributed by atoms with Crippen LogP contribution in [-0.2, 0) is 5.41 Å². The van der Waals surface area contributed by atoms with Gasteiger partial charge in [0.15, 0.2) is 0 Å². The lowest BCUT2D eigenvalue weighted by molar-refractivity contribution is 0.115. The Morgan fingerprint density at radius 1 is 1.15 bits per heavy atom. The van der Waals surface area contributed by atoms with Crippen LogP contribution >= 0.6 is 0 Å². The molecule has 0 aliphatic rings. The van der Waals surface area contributed by atoms with Crippen LogP contribution in [0.4, 0.5) is 0 Å². The summed E-state index contributed by atoms with van der Waals surface area (Å²) in [5.41, 5.74) is 0.833. The molecule has 0 bridgehead atoms. The van der Waals surface area contributed by atoms with E-state index in [0.29, 0.717) is 6.61 Å². The van der Waals surface area contributed by atoms with Crippen LogP contribution in [0.1, 0.15) is 46.6 Å². The molecular formula is C17H29NO2. The van der Waals surface area contributed by atoms with Crippen molar-refractivity contribution < 1.29 is 9.84 Å². The number of hydrogen-bond donors (Lipinski definition) is 2. The van der Waals surface area contributed by atoms with Crippen molar-refractivity contribution in [2.24, 2.45) is 0 Å². The molecule has 0 aliphatic carbocycles. The molecule has 0 aliphatic heterocycles. The van der Waals surface area contributed by atoms with Crippen LogP contribution in [0.3, 0.4) is 0 Å². The third-order valence-corrected chi connectivity index (χ3v) is 3.39. The van der Waals surface area contributed by atoms with Gasteiger partial charge >= 0.3 is 0 Å². The van der Waals surface area contributed by atoms with Crippen LogP contribution in [0.2, 0.25) is 0 Å². The number of rotatable bonds is 7. The number of ether oxygens (including phenoxy) is 1. The number of hydrogen-bond acceptors (Lipinski definition) is 3. The zero-order chi connectivity index (χ0) is 15.2. The maximum atomic E-state index is 9.58. The van der Waals surface area contributed by atoms with Crippen LogP contribution in [0, 0.1) is 0 Å². The molecule has 0 amide bonds. The largest absolute Gasteiger partial charge is 0.491 e. The average molecular weight is 279 g/mol. The standard InChI is InChI=1S/C17H29NO2/c1-6-11-18-17(5,12-19)13-20-15-10-8-7-9-14(15)16(2,3)4/h7-10,18-19H,6,11-13H2,1-5H3. The molecule has 114 valence electrons. The Balaban J connectivity index is 2.79. The molecule has 3 nitrogen and oxygen atoms in total. The van der Waals surface area contributed by atoms with Gasteiger partial charge in [0.2, 0.25) is 0 Å². The zero-order valence-corrected chi connectivity index (χ0v) is 13.5. The van der Waals surface area contributed by atoms with Gasteiger partial charge in [0.25, 0.3) is 0 Å². The highest BCUT2D eigenvalue weighted by atomic mass is 16.5. The maximum absolute atomic E-state index is 9.58. The molecule has 1 rings (SSSR count). The van der Waals surface area contributed by atoms with Gasteiger partial charge in [-0.1, -0.05) is 45.9 Å². The minimum absolute atomic E-state index is 0.0447. The van der Waals surface area contributed by atoms with E-state index in [1.165, 1.54) is 5.56 Å². The Hall–Kier alpha value is -1.06. The highest BCUT2D eigenvalue weighted by Crippen LogP contribution is 2.31. The van der Waals surface area contributed by atoms with E-state index >= 15 is 0 Å². The number of para-hydroxylation sites is 1. The minimum atomic E-state index is -0.402. The topological polar surface area (TPSA) is 41.5 Å². The van der Waals surface area contributed by atoms with E-state index < -0.39 is 5.54 Å². The molecule has 20 heavy (non-hydrogen) atoms. The van der Waals surface area contributed by atoms with Gasteiger partial charge in [-0.2, -0.15) is 0 Å². The van der Waals surface area contributed by atoms with Crippen molar-refractivity contribution in [3.63, 3.8) is 0 Å². The maximum Gasteiger partial charge on any atom is 0.123 e. The van der Waals surface area contributed by atoms with Crippen LogP contribution in [0.25, 0.3) is 0 Å². The molecule has 2 N–H and O–H groups in total. The third-order valence-electron chi connectivity index (χ3n) is 3.39. The summed E-state index contributed by atoms with van der Waals surface area (Å²) in [5, 5.41) is 12.9. The van der Waals surface area contributed by atoms with E-state index in [4.69, 9.17) is 4.74 Å². The van der Waals surface area contributed by atoms with Gasteiger partial charge in [-0.05, 0) is 36.9 Å². The lowest BCUT2D eigenvalue weighted by Gasteiger charge is -2.30. The first kappa shape index (κ1) is 17.0. The molecule has 0 spiro atoms. The molecule has 0 fully saturated rings. The molecule has 1 aromatic carbocycles. The van der Waals surface area contributed by atoms with Gasteiger partial charge in [0, 0.05) is 0 Å². The Morgan fingerprint density at radius 2 is 1.80 bits per heavy atom. The first-order valence-electron chi connectivity index (χ1n) is 7.40. The van der Waals surface area contributed by atoms with Gasteiger partial charge < -0.3 is 15.2 Å². The summed E-state index contributed by atoms with van der Waals surface area (Å²) >= 11 is 0. The predicted molar refractivity (Wildman–Crippen MR) is 84.4 cm³/mol. The van der Waals surface area contributed by atoms with Crippen LogP contribution < -0.4 is 10.1 Å². The van der Waals surface area contributed by atoms with Crippen molar-refractivity contribution in [1.29, 1.82) is 0 Å². The van der Waals surface area contributed by atoms with Crippen LogP contribution in [-0.4, -0.2) is 30.4 Å². The molecule has 1 atom stereocenters. The summed E-state index contributed by atoms with van der Waals surface area (Å²) in [7, 11) is 0. The van der Waals surface area contributed by atoms with Crippen molar-refractivity contribution in [3.8, 4) is 5.75 Å². The molecule has 1 unspecified atom stereocenters. The average Bonchev–Trinajstić information content (AvgIpc) is 2.42. The van der Waals surface area contributed by atoms with Crippen LogP contribution in [0.5, 0.6) is 5.75 Å². The number of aliphatic hydroxyl groups excluding tert-OH is 1. The fourth-order valence-electron chi connectivity index (χ4n) is 2.03. The van der Waals surface area contributed by atoms with Crippen molar-refractivity contribution in [1.82, 2.24) is 5.32 Å². The molecule has 0 aromatic heterocycles. The fourth-order valence-corrected chi connectivity index (χ4v) is 2.03. The van der Waals surface area contributed by atoms with Gasteiger partial charge in [-0.25, -0.2) is 0 Å². The summed E-state index contributed by atoms with van der Waals surface area (Å²) in [6.07, 6.45) is 1.04. The Bertz CT molecular complexity index is 412. The molecule has 0 heterocycles. The Labute approximate surface area is 123 Å². The van der Waals surface area contributed by atoms with Crippen molar-refractivity contribution in [2.75, 3.05) is 19.8 Å². The van der Waals surface area contributed by atoms with E-state index in [1.54, 1.807) is 0 Å². The summed E-state index contributed by atoms with van der Waals surface area (Å²) in [4.78, 5) is 0. The lowest BCUT2D eigenvalue weighted by Crippen LogP contribution is -2.50. The van der Waals surface area contributed by atoms with Crippen LogP contribution in [0.15, 0.2) is 24.3 Å². The smallest absolute Gasteiger partial charge is 0.123 e. The number of nitrogens with one attached hydrogen (secondary N) is 1. The summed E-state index contributed by atoms with van der Waals surface area (Å²) in [6, 6.07) is 8.12. The van der Waals surface area contributed by atoms with E-state index in [1.807, 2.05) is 25.1 Å². The molecule has 0 saturated carbocycles. The van der Waals surface area contributed by atoms with Gasteiger partial charge in [-0.15, -0.1) is 0 Å². The Morgan fingerprint density at radius 3 is 2.35 bits per heavy atom. The van der Waals surface area contributed by atoms with Crippen molar-refractivity contribution in [2.45, 2.75) is 52.0 Å². The number of benzene rings is 1. The summed E-state index contributed by atoms with van der Waals surface area (Å²) in [6.45, 7) is 12.0. The fraction of sp³-hybridized carbons (Fsp3) is 0.647. The first-order chi connectivity index (χ1) is 9.32. The second-order valence-corrected chi connectivity index (χ2v) is 6.68. The predicted octanol–water partition coefficient (Wildman–Crippen LogP) is 3.11. The lowest BCUT2D eigenvalue weighted by atomic mass is 9.86. The van der Waals surface area contributed by atoms with Crippen molar-refractivity contribution in [3.05, 3.63) is 29.8 Å². The normalized spacial score (nSPS) is 14.9. The zero-order valence-electron chi connectivity index (χ0n) is 13.5. The third kappa shape index (κ3) is 4.80. The number of aliphatic hydroxyl groups is 1. The van der Waals surface area contributed by atoms with Gasteiger partial charge in [0.05, 0.1) is 12.1 Å². The first-order valence-corrected chi connectivity index (χ1v) is 7.40.